The Morgan fingerprint density at radius 2 is 2.30 bits per heavy atom. The van der Waals surface area contributed by atoms with Crippen molar-refractivity contribution in [2.24, 2.45) is 0 Å². The molecule has 1 saturated heterocycles. The first-order valence-electron chi connectivity index (χ1n) is 8.00. The zero-order valence-corrected chi connectivity index (χ0v) is 18.1. The lowest BCUT2D eigenvalue weighted by Gasteiger charge is -2.10. The van der Waals surface area contributed by atoms with Gasteiger partial charge in [0.1, 0.15) is 14.9 Å². The van der Waals surface area contributed by atoms with E-state index in [0.29, 0.717) is 10.3 Å². The van der Waals surface area contributed by atoms with Crippen LogP contribution in [0.5, 0.6) is 0 Å². The lowest BCUT2D eigenvalue weighted by molar-refractivity contribution is -0.119. The smallest absolute Gasteiger partial charge is 0.230 e. The Kier molecular flexibility index (Phi) is 6.74. The monoisotopic (exact) mass is 492 g/mol. The molecule has 2 aromatic heterocycles. The number of nitrogens with two attached hydrogens (primary N) is 1. The summed E-state index contributed by atoms with van der Waals surface area (Å²) in [6, 6.07) is 3.14. The third kappa shape index (κ3) is 5.19. The second kappa shape index (κ2) is 8.86. The van der Waals surface area contributed by atoms with Gasteiger partial charge < -0.3 is 15.8 Å². The minimum Gasteiger partial charge on any atom is -0.382 e. The number of carbonyl (C=O) groups excluding carboxylic acids is 1. The summed E-state index contributed by atoms with van der Waals surface area (Å²) < 4.78 is 31.5. The Hall–Kier alpha value is -1.21. The second-order valence-electron chi connectivity index (χ2n) is 5.69. The number of nitrogens with one attached hydrogen (secondary N) is 1. The summed E-state index contributed by atoms with van der Waals surface area (Å²) in [6.07, 6.45) is 3.22. The average Bonchev–Trinajstić information content (AvgIpc) is 3.29. The normalized spacial score (nSPS) is 17.1. The number of amides is 1. The number of thioether (sulfide) groups is 1. The van der Waals surface area contributed by atoms with Crippen LogP contribution in [0.4, 0.5) is 5.82 Å². The maximum absolute atomic E-state index is 12.6. The van der Waals surface area contributed by atoms with Crippen LogP contribution in [0.2, 0.25) is 0 Å². The topological polar surface area (TPSA) is 124 Å². The van der Waals surface area contributed by atoms with Gasteiger partial charge in [-0.05, 0) is 40.9 Å². The van der Waals surface area contributed by atoms with E-state index in [0.717, 1.165) is 42.5 Å². The van der Waals surface area contributed by atoms with Crippen molar-refractivity contribution in [3.8, 4) is 0 Å². The number of thiophene rings is 1. The molecule has 1 atom stereocenters. The van der Waals surface area contributed by atoms with Crippen molar-refractivity contribution in [1.82, 2.24) is 15.3 Å². The van der Waals surface area contributed by atoms with E-state index in [1.807, 2.05) is 0 Å². The Morgan fingerprint density at radius 3 is 2.93 bits per heavy atom. The summed E-state index contributed by atoms with van der Waals surface area (Å²) in [5, 5.41) is 3.04. The quantitative estimate of drug-likeness (QED) is 0.444. The lowest BCUT2D eigenvalue weighted by Crippen LogP contribution is -2.32. The molecule has 12 heteroatoms. The van der Waals surface area contributed by atoms with Gasteiger partial charge in [0.05, 0.1) is 21.8 Å². The van der Waals surface area contributed by atoms with Crippen LogP contribution in [0.3, 0.4) is 0 Å². The molecule has 3 heterocycles. The summed E-state index contributed by atoms with van der Waals surface area (Å²) in [6.45, 7) is 1.22. The zero-order chi connectivity index (χ0) is 19.4. The number of carbonyl (C=O) groups is 1. The summed E-state index contributed by atoms with van der Waals surface area (Å²) in [7, 11) is -3.78. The molecule has 0 bridgehead atoms. The van der Waals surface area contributed by atoms with Crippen LogP contribution >= 0.6 is 39.0 Å². The van der Waals surface area contributed by atoms with Crippen LogP contribution in [0.25, 0.3) is 0 Å². The molecular formula is C15H17BrN4O4S3. The number of anilines is 1. The highest BCUT2D eigenvalue weighted by Gasteiger charge is 2.24. The van der Waals surface area contributed by atoms with Crippen LogP contribution in [0.15, 0.2) is 36.4 Å². The SMILES string of the molecule is Nc1nc(SCC(=O)NCC2CCCO2)ncc1S(=O)(=O)c1ccc(Br)s1. The number of sulfone groups is 1. The molecule has 1 unspecified atom stereocenters. The molecule has 3 N–H and O–H groups in total. The van der Waals surface area contributed by atoms with Crippen LogP contribution in [-0.2, 0) is 19.4 Å². The van der Waals surface area contributed by atoms with Gasteiger partial charge >= 0.3 is 0 Å². The van der Waals surface area contributed by atoms with Crippen molar-refractivity contribution < 1.29 is 17.9 Å². The summed E-state index contributed by atoms with van der Waals surface area (Å²) in [5.41, 5.74) is 5.83. The van der Waals surface area contributed by atoms with Gasteiger partial charge in [-0.2, -0.15) is 0 Å². The molecule has 0 saturated carbocycles. The van der Waals surface area contributed by atoms with Crippen LogP contribution in [0, 0.1) is 0 Å². The van der Waals surface area contributed by atoms with Gasteiger partial charge in [-0.1, -0.05) is 11.8 Å². The van der Waals surface area contributed by atoms with E-state index in [1.54, 1.807) is 6.07 Å². The Morgan fingerprint density at radius 1 is 1.48 bits per heavy atom. The Bertz CT molecular complexity index is 929. The lowest BCUT2D eigenvalue weighted by atomic mass is 10.2. The number of ether oxygens (including phenoxy) is 1. The molecule has 0 aromatic carbocycles. The van der Waals surface area contributed by atoms with E-state index >= 15 is 0 Å². The molecule has 0 spiro atoms. The van der Waals surface area contributed by atoms with E-state index in [2.05, 4.69) is 31.2 Å². The second-order valence-corrected chi connectivity index (χ2v) is 11.2. The zero-order valence-electron chi connectivity index (χ0n) is 14.1. The Labute approximate surface area is 173 Å². The van der Waals surface area contributed by atoms with Gasteiger partial charge in [-0.15, -0.1) is 11.3 Å². The molecule has 1 fully saturated rings. The van der Waals surface area contributed by atoms with Crippen molar-refractivity contribution >= 4 is 60.6 Å². The Balaban J connectivity index is 1.60. The predicted molar refractivity (Wildman–Crippen MR) is 107 cm³/mol. The van der Waals surface area contributed by atoms with Gasteiger partial charge in [0.15, 0.2) is 5.16 Å². The number of nitrogens with zero attached hydrogens (tertiary/aromatic N) is 2. The van der Waals surface area contributed by atoms with E-state index in [9.17, 15) is 13.2 Å². The number of hydrogen-bond acceptors (Lipinski definition) is 9. The molecule has 0 radical (unpaired) electrons. The van der Waals surface area contributed by atoms with Gasteiger partial charge in [0.2, 0.25) is 15.7 Å². The van der Waals surface area contributed by atoms with Crippen molar-refractivity contribution in [2.45, 2.75) is 33.2 Å². The average molecular weight is 493 g/mol. The highest BCUT2D eigenvalue weighted by Crippen LogP contribution is 2.32. The van der Waals surface area contributed by atoms with Crippen LogP contribution in [0.1, 0.15) is 12.8 Å². The molecule has 2 aromatic rings. The molecule has 0 aliphatic carbocycles. The number of hydrogen-bond donors (Lipinski definition) is 2. The molecule has 27 heavy (non-hydrogen) atoms. The van der Waals surface area contributed by atoms with Crippen LogP contribution in [-0.4, -0.2) is 49.3 Å². The van der Waals surface area contributed by atoms with Gasteiger partial charge in [0, 0.05) is 13.2 Å². The minimum atomic E-state index is -3.78. The molecule has 1 amide bonds. The first-order chi connectivity index (χ1) is 12.9. The predicted octanol–water partition coefficient (Wildman–Crippen LogP) is 2.10. The van der Waals surface area contributed by atoms with E-state index in [-0.39, 0.29) is 37.8 Å². The molecule has 146 valence electrons. The van der Waals surface area contributed by atoms with Crippen molar-refractivity contribution in [1.29, 1.82) is 0 Å². The number of rotatable bonds is 7. The number of halogens is 1. The van der Waals surface area contributed by atoms with Gasteiger partial charge in [-0.3, -0.25) is 4.79 Å². The number of aromatic nitrogens is 2. The highest BCUT2D eigenvalue weighted by molar-refractivity contribution is 9.11. The molecule has 3 rings (SSSR count). The standard InChI is InChI=1S/C15H17BrN4O4S3/c16-11-3-4-13(26-11)27(22,23)10-7-19-15(20-14(10)17)25-8-12(21)18-6-9-2-1-5-24-9/h3-4,7,9H,1-2,5-6,8H2,(H,18,21)(H2,17,19,20). The largest absolute Gasteiger partial charge is 0.382 e. The highest BCUT2D eigenvalue weighted by atomic mass is 79.9. The van der Waals surface area contributed by atoms with E-state index in [4.69, 9.17) is 10.5 Å². The summed E-state index contributed by atoms with van der Waals surface area (Å²) in [4.78, 5) is 19.8. The van der Waals surface area contributed by atoms with Crippen molar-refractivity contribution in [3.63, 3.8) is 0 Å². The summed E-state index contributed by atoms with van der Waals surface area (Å²) in [5.74, 6) is -0.203. The molecule has 1 aliphatic rings. The van der Waals surface area contributed by atoms with Crippen molar-refractivity contribution in [2.75, 3.05) is 24.6 Å². The fourth-order valence-electron chi connectivity index (χ4n) is 2.41. The van der Waals surface area contributed by atoms with E-state index < -0.39 is 9.84 Å². The maximum Gasteiger partial charge on any atom is 0.230 e. The van der Waals surface area contributed by atoms with Crippen molar-refractivity contribution in [3.05, 3.63) is 22.1 Å². The third-order valence-corrected chi connectivity index (χ3v) is 8.49. The molecule has 1 aliphatic heterocycles. The third-order valence-electron chi connectivity index (χ3n) is 3.75. The van der Waals surface area contributed by atoms with E-state index in [1.165, 1.54) is 12.3 Å². The van der Waals surface area contributed by atoms with Gasteiger partial charge in [-0.25, -0.2) is 18.4 Å². The summed E-state index contributed by atoms with van der Waals surface area (Å²) >= 11 is 5.41. The first-order valence-corrected chi connectivity index (χ1v) is 12.1. The molecular weight excluding hydrogens is 476 g/mol. The molecule has 8 nitrogen and oxygen atoms in total. The van der Waals surface area contributed by atoms with Crippen LogP contribution < -0.4 is 11.1 Å². The maximum atomic E-state index is 12.6. The fraction of sp³-hybridized carbons (Fsp3) is 0.400. The van der Waals surface area contributed by atoms with Gasteiger partial charge in [0.25, 0.3) is 0 Å². The number of nitrogen functional groups attached to an aromatic ring is 1. The first kappa shape index (κ1) is 20.5. The fourth-order valence-corrected chi connectivity index (χ4v) is 6.46. The minimum absolute atomic E-state index is 0.0765.